The number of ether oxygens (including phenoxy) is 1. The second-order valence-electron chi connectivity index (χ2n) is 5.62. The summed E-state index contributed by atoms with van der Waals surface area (Å²) in [5.41, 5.74) is 3.03. The molecule has 2 aromatic carbocycles. The van der Waals surface area contributed by atoms with Gasteiger partial charge in [-0.05, 0) is 17.7 Å². The number of amides is 1. The lowest BCUT2D eigenvalue weighted by molar-refractivity contribution is -0.131. The van der Waals surface area contributed by atoms with Crippen LogP contribution in [0.3, 0.4) is 0 Å². The van der Waals surface area contributed by atoms with E-state index in [4.69, 9.17) is 4.74 Å². The molecule has 4 heteroatoms. The minimum Gasteiger partial charge on any atom is -0.492 e. The molecule has 0 saturated heterocycles. The molecule has 2 atom stereocenters. The molecule has 2 aliphatic heterocycles. The number of benzene rings is 2. The van der Waals surface area contributed by atoms with Crippen LogP contribution in [-0.2, 0) is 4.79 Å². The van der Waals surface area contributed by atoms with Crippen LogP contribution in [0.15, 0.2) is 59.7 Å². The van der Waals surface area contributed by atoms with Crippen LogP contribution in [0, 0.1) is 5.92 Å². The van der Waals surface area contributed by atoms with E-state index < -0.39 is 0 Å². The number of hydrazone groups is 1. The summed E-state index contributed by atoms with van der Waals surface area (Å²) in [7, 11) is 0. The van der Waals surface area contributed by atoms with Gasteiger partial charge in [-0.15, -0.1) is 0 Å². The molecule has 0 unspecified atom stereocenters. The molecule has 2 heterocycles. The summed E-state index contributed by atoms with van der Waals surface area (Å²) in [5.74, 6) is 0.865. The van der Waals surface area contributed by atoms with Gasteiger partial charge in [-0.2, -0.15) is 5.10 Å². The first-order chi connectivity index (χ1) is 10.8. The molecule has 1 amide bonds. The molecule has 0 aliphatic carbocycles. The van der Waals surface area contributed by atoms with Crippen molar-refractivity contribution in [1.82, 2.24) is 5.01 Å². The van der Waals surface area contributed by atoms with Gasteiger partial charge in [0.05, 0.1) is 24.3 Å². The van der Waals surface area contributed by atoms with E-state index in [2.05, 4.69) is 5.10 Å². The van der Waals surface area contributed by atoms with Crippen molar-refractivity contribution in [2.45, 2.75) is 13.0 Å². The van der Waals surface area contributed by atoms with E-state index in [1.807, 2.05) is 54.6 Å². The molecule has 4 nitrogen and oxygen atoms in total. The van der Waals surface area contributed by atoms with Gasteiger partial charge in [0.25, 0.3) is 0 Å². The van der Waals surface area contributed by atoms with Crippen LogP contribution in [0.2, 0.25) is 0 Å². The molecule has 4 rings (SSSR count). The molecule has 2 aromatic rings. The zero-order chi connectivity index (χ0) is 15.1. The van der Waals surface area contributed by atoms with E-state index in [1.165, 1.54) is 0 Å². The third-order valence-corrected chi connectivity index (χ3v) is 4.26. The maximum absolute atomic E-state index is 12.1. The average Bonchev–Trinajstić information content (AvgIpc) is 2.96. The lowest BCUT2D eigenvalue weighted by atomic mass is 9.86. The zero-order valence-electron chi connectivity index (χ0n) is 12.3. The second kappa shape index (κ2) is 4.98. The summed E-state index contributed by atoms with van der Waals surface area (Å²) in [6.07, 6.45) is 0. The first-order valence-corrected chi connectivity index (χ1v) is 7.41. The predicted octanol–water partition coefficient (Wildman–Crippen LogP) is 3.00. The number of fused-ring (bicyclic) bond motifs is 3. The van der Waals surface area contributed by atoms with Crippen molar-refractivity contribution in [3.8, 4) is 5.75 Å². The average molecular weight is 292 g/mol. The molecule has 2 aliphatic rings. The second-order valence-corrected chi connectivity index (χ2v) is 5.62. The number of carbonyl (C=O) groups is 1. The third kappa shape index (κ3) is 1.91. The van der Waals surface area contributed by atoms with Gasteiger partial charge in [0.2, 0.25) is 5.91 Å². The Balaban J connectivity index is 1.82. The molecule has 0 saturated carbocycles. The van der Waals surface area contributed by atoms with Crippen LogP contribution >= 0.6 is 0 Å². The standard InChI is InChI=1S/C18H16N2O2/c1-12(21)20-18(13-7-3-2-4-8-13)15-11-22-16-10-6-5-9-14(16)17(15)19-20/h2-10,15,18H,11H2,1H3/t15-,18-/m0/s1. The summed E-state index contributed by atoms with van der Waals surface area (Å²) in [4.78, 5) is 12.1. The Kier molecular flexibility index (Phi) is 2.96. The SMILES string of the molecule is CC(=O)N1N=C2c3ccccc3OC[C@@H]2[C@@H]1c1ccccc1. The van der Waals surface area contributed by atoms with Gasteiger partial charge >= 0.3 is 0 Å². The highest BCUT2D eigenvalue weighted by Gasteiger charge is 2.43. The van der Waals surface area contributed by atoms with Crippen molar-refractivity contribution in [1.29, 1.82) is 0 Å². The van der Waals surface area contributed by atoms with Gasteiger partial charge in [0.1, 0.15) is 5.75 Å². The number of rotatable bonds is 1. The molecule has 0 aromatic heterocycles. The van der Waals surface area contributed by atoms with Crippen molar-refractivity contribution in [2.75, 3.05) is 6.61 Å². The summed E-state index contributed by atoms with van der Waals surface area (Å²) >= 11 is 0. The van der Waals surface area contributed by atoms with Crippen LogP contribution in [-0.4, -0.2) is 23.2 Å². The highest BCUT2D eigenvalue weighted by atomic mass is 16.5. The minimum atomic E-state index is -0.0953. The molecule has 0 fully saturated rings. The molecular weight excluding hydrogens is 276 g/mol. The summed E-state index contributed by atoms with van der Waals surface area (Å²) < 4.78 is 5.90. The maximum atomic E-state index is 12.1. The molecule has 0 bridgehead atoms. The number of hydrogen-bond acceptors (Lipinski definition) is 3. The van der Waals surface area contributed by atoms with E-state index in [-0.39, 0.29) is 17.9 Å². The Morgan fingerprint density at radius 1 is 1.14 bits per heavy atom. The fraction of sp³-hybridized carbons (Fsp3) is 0.222. The lowest BCUT2D eigenvalue weighted by Crippen LogP contribution is -2.34. The van der Waals surface area contributed by atoms with Crippen LogP contribution in [0.25, 0.3) is 0 Å². The third-order valence-electron chi connectivity index (χ3n) is 4.26. The van der Waals surface area contributed by atoms with Gasteiger partial charge in [-0.25, -0.2) is 5.01 Å². The molecule has 0 spiro atoms. The Morgan fingerprint density at radius 2 is 1.86 bits per heavy atom. The van der Waals surface area contributed by atoms with Crippen molar-refractivity contribution >= 4 is 11.6 Å². The summed E-state index contributed by atoms with van der Waals surface area (Å²) in [6, 6.07) is 17.8. The number of carbonyl (C=O) groups excluding carboxylic acids is 1. The van der Waals surface area contributed by atoms with Crippen molar-refractivity contribution in [3.63, 3.8) is 0 Å². The number of para-hydroxylation sites is 1. The molecule has 110 valence electrons. The maximum Gasteiger partial charge on any atom is 0.240 e. The van der Waals surface area contributed by atoms with Crippen LogP contribution in [0.5, 0.6) is 5.75 Å². The van der Waals surface area contributed by atoms with Gasteiger partial charge in [0, 0.05) is 12.5 Å². The van der Waals surface area contributed by atoms with Crippen LogP contribution in [0.1, 0.15) is 24.1 Å². The highest BCUT2D eigenvalue weighted by Crippen LogP contribution is 2.42. The normalized spacial score (nSPS) is 22.4. The lowest BCUT2D eigenvalue weighted by Gasteiger charge is -2.29. The van der Waals surface area contributed by atoms with Gasteiger partial charge < -0.3 is 4.74 Å². The number of nitrogens with zero attached hydrogens (tertiary/aromatic N) is 2. The molecule has 0 radical (unpaired) electrons. The van der Waals surface area contributed by atoms with E-state index in [0.717, 1.165) is 22.6 Å². The summed E-state index contributed by atoms with van der Waals surface area (Å²) in [5, 5.41) is 6.23. The smallest absolute Gasteiger partial charge is 0.240 e. The van der Waals surface area contributed by atoms with E-state index in [9.17, 15) is 4.79 Å². The van der Waals surface area contributed by atoms with Gasteiger partial charge in [-0.1, -0.05) is 42.5 Å². The van der Waals surface area contributed by atoms with E-state index in [0.29, 0.717) is 6.61 Å². The monoisotopic (exact) mass is 292 g/mol. The zero-order valence-corrected chi connectivity index (χ0v) is 12.3. The largest absolute Gasteiger partial charge is 0.492 e. The molecular formula is C18H16N2O2. The Labute approximate surface area is 129 Å². The van der Waals surface area contributed by atoms with Crippen molar-refractivity contribution in [3.05, 3.63) is 65.7 Å². The van der Waals surface area contributed by atoms with Crippen molar-refractivity contribution in [2.24, 2.45) is 11.0 Å². The minimum absolute atomic E-state index is 0.0479. The topological polar surface area (TPSA) is 41.9 Å². The first kappa shape index (κ1) is 13.1. The van der Waals surface area contributed by atoms with Gasteiger partial charge in [0.15, 0.2) is 0 Å². The number of hydrogen-bond donors (Lipinski definition) is 0. The van der Waals surface area contributed by atoms with E-state index in [1.54, 1.807) is 11.9 Å². The molecule has 0 N–H and O–H groups in total. The van der Waals surface area contributed by atoms with Crippen LogP contribution < -0.4 is 4.74 Å². The Morgan fingerprint density at radius 3 is 2.64 bits per heavy atom. The molecule has 22 heavy (non-hydrogen) atoms. The van der Waals surface area contributed by atoms with Crippen molar-refractivity contribution < 1.29 is 9.53 Å². The predicted molar refractivity (Wildman–Crippen MR) is 83.7 cm³/mol. The van der Waals surface area contributed by atoms with Crippen LogP contribution in [0.4, 0.5) is 0 Å². The fourth-order valence-electron chi connectivity index (χ4n) is 3.27. The highest BCUT2D eigenvalue weighted by molar-refractivity contribution is 6.07. The summed E-state index contributed by atoms with van der Waals surface area (Å²) in [6.45, 7) is 2.10. The quantitative estimate of drug-likeness (QED) is 0.811. The van der Waals surface area contributed by atoms with E-state index >= 15 is 0 Å². The van der Waals surface area contributed by atoms with Gasteiger partial charge in [-0.3, -0.25) is 4.79 Å². The fourth-order valence-corrected chi connectivity index (χ4v) is 3.27. The Hall–Kier alpha value is -2.62. The first-order valence-electron chi connectivity index (χ1n) is 7.41. The Bertz CT molecular complexity index is 755.